The van der Waals surface area contributed by atoms with Gasteiger partial charge in [0, 0.05) is 12.7 Å². The number of benzene rings is 4. The lowest BCUT2D eigenvalue weighted by atomic mass is 10.1. The third-order valence-corrected chi connectivity index (χ3v) is 9.73. The minimum absolute atomic E-state index is 0.229. The maximum Gasteiger partial charge on any atom is 0.230 e. The van der Waals surface area contributed by atoms with E-state index in [0.29, 0.717) is 6.61 Å². The first-order valence-electron chi connectivity index (χ1n) is 11.3. The van der Waals surface area contributed by atoms with Crippen LogP contribution in [0.4, 0.5) is 0 Å². The Kier molecular flexibility index (Phi) is 8.26. The Hall–Kier alpha value is -3.68. The van der Waals surface area contributed by atoms with E-state index in [1.54, 1.807) is 7.11 Å². The monoisotopic (exact) mass is 460 g/mol. The minimum Gasteiger partial charge on any atom is -0.359 e. The largest absolute Gasteiger partial charge is 0.359 e. The highest BCUT2D eigenvalue weighted by atomic mass is 28.3. The van der Waals surface area contributed by atoms with Crippen LogP contribution in [0.3, 0.4) is 0 Å². The molecule has 0 spiro atoms. The summed E-state index contributed by atoms with van der Waals surface area (Å²) in [5.74, 6) is 3.56. The molecule has 0 unspecified atom stereocenters. The zero-order chi connectivity index (χ0) is 23.5. The Morgan fingerprint density at radius 3 is 1.56 bits per heavy atom. The number of methoxy groups -OCH3 is 1. The molecular weight excluding hydrogens is 432 g/mol. The molecule has 0 amide bonds. The van der Waals surface area contributed by atoms with E-state index < -0.39 is 8.07 Å². The lowest BCUT2D eigenvalue weighted by Gasteiger charge is -2.28. The summed E-state index contributed by atoms with van der Waals surface area (Å²) < 4.78 is 10.8. The molecule has 0 radical (unpaired) electrons. The second-order valence-corrected chi connectivity index (χ2v) is 11.4. The molecule has 0 aliphatic rings. The summed E-state index contributed by atoms with van der Waals surface area (Å²) in [7, 11) is -1.01. The van der Waals surface area contributed by atoms with E-state index in [9.17, 15) is 0 Å². The summed E-state index contributed by atoms with van der Waals surface area (Å²) >= 11 is 0. The number of hydrogen-bond acceptors (Lipinski definition) is 2. The van der Waals surface area contributed by atoms with Gasteiger partial charge in [0.25, 0.3) is 0 Å². The molecule has 0 aliphatic carbocycles. The summed E-state index contributed by atoms with van der Waals surface area (Å²) in [5, 5.41) is 3.78. The molecule has 0 fully saturated rings. The second kappa shape index (κ2) is 12.0. The van der Waals surface area contributed by atoms with Gasteiger partial charge in [0.1, 0.15) is 6.79 Å². The van der Waals surface area contributed by atoms with Crippen molar-refractivity contribution >= 4 is 29.7 Å². The fourth-order valence-electron chi connectivity index (χ4n) is 4.05. The molecule has 34 heavy (non-hydrogen) atoms. The maximum atomic E-state index is 5.72. The predicted octanol–water partition coefficient (Wildman–Crippen LogP) is 4.40. The first-order chi connectivity index (χ1) is 16.8. The van der Waals surface area contributed by atoms with Crippen LogP contribution in [-0.4, -0.2) is 28.6 Å². The smallest absolute Gasteiger partial charge is 0.230 e. The zero-order valence-corrected chi connectivity index (χ0v) is 20.4. The van der Waals surface area contributed by atoms with Crippen molar-refractivity contribution in [3.8, 4) is 11.5 Å². The lowest BCUT2D eigenvalue weighted by Crippen LogP contribution is -2.66. The van der Waals surface area contributed by atoms with Crippen molar-refractivity contribution in [2.24, 2.45) is 0 Å². The van der Waals surface area contributed by atoms with Gasteiger partial charge in [0.15, 0.2) is 0 Å². The van der Waals surface area contributed by atoms with Crippen LogP contribution in [0.15, 0.2) is 127 Å². The Morgan fingerprint density at radius 1 is 0.676 bits per heavy atom. The third-order valence-electron chi connectivity index (χ3n) is 5.63. The minimum atomic E-state index is -2.64. The van der Waals surface area contributed by atoms with Crippen LogP contribution in [0.1, 0.15) is 5.56 Å². The fraction of sp³-hybridized carbons (Fsp3) is 0.0968. The summed E-state index contributed by atoms with van der Waals surface area (Å²) in [6.07, 6.45) is 2.10. The van der Waals surface area contributed by atoms with E-state index in [0.717, 1.165) is 11.1 Å². The Labute approximate surface area is 203 Å². The van der Waals surface area contributed by atoms with Crippen LogP contribution in [0.2, 0.25) is 0 Å². The molecule has 0 saturated carbocycles. The standard InChI is InChI=1S/C31H28O2Si/c1-32-26-33-25-28(24-27-14-6-2-7-15-27)22-23-34(29-16-8-3-9-17-29,30-18-10-4-11-19-30)31-20-12-5-13-21-31/h2-21,24H,25-26H2,1H3/b28-24-. The van der Waals surface area contributed by atoms with E-state index in [-0.39, 0.29) is 6.79 Å². The molecule has 2 nitrogen and oxygen atoms in total. The molecule has 0 N–H and O–H groups in total. The van der Waals surface area contributed by atoms with Gasteiger partial charge in [-0.15, -0.1) is 5.54 Å². The van der Waals surface area contributed by atoms with Gasteiger partial charge in [-0.2, -0.15) is 0 Å². The molecule has 168 valence electrons. The van der Waals surface area contributed by atoms with E-state index in [1.165, 1.54) is 15.6 Å². The molecular formula is C31H28O2Si. The summed E-state index contributed by atoms with van der Waals surface area (Å²) in [6.45, 7) is 0.616. The third kappa shape index (κ3) is 5.62. The normalized spacial score (nSPS) is 11.5. The Balaban J connectivity index is 1.91. The fourth-order valence-corrected chi connectivity index (χ4v) is 7.91. The van der Waals surface area contributed by atoms with Gasteiger partial charge in [0.2, 0.25) is 8.07 Å². The zero-order valence-electron chi connectivity index (χ0n) is 19.4. The van der Waals surface area contributed by atoms with Crippen molar-refractivity contribution in [2.45, 2.75) is 0 Å². The van der Waals surface area contributed by atoms with Gasteiger partial charge >= 0.3 is 0 Å². The van der Waals surface area contributed by atoms with Crippen molar-refractivity contribution in [3.63, 3.8) is 0 Å². The van der Waals surface area contributed by atoms with Crippen LogP contribution >= 0.6 is 0 Å². The SMILES string of the molecule is COCOC/C(C#C[Si](c1ccccc1)(c1ccccc1)c1ccccc1)=C\c1ccccc1. The van der Waals surface area contributed by atoms with Crippen LogP contribution in [-0.2, 0) is 9.47 Å². The van der Waals surface area contributed by atoms with Crippen molar-refractivity contribution in [1.82, 2.24) is 0 Å². The average molecular weight is 461 g/mol. The van der Waals surface area contributed by atoms with Crippen LogP contribution in [0.25, 0.3) is 6.08 Å². The van der Waals surface area contributed by atoms with Gasteiger partial charge < -0.3 is 9.47 Å². The topological polar surface area (TPSA) is 18.5 Å². The summed E-state index contributed by atoms with van der Waals surface area (Å²) in [6, 6.07) is 42.3. The maximum absolute atomic E-state index is 5.72. The van der Waals surface area contributed by atoms with Crippen LogP contribution < -0.4 is 15.6 Å². The van der Waals surface area contributed by atoms with Crippen LogP contribution in [0, 0.1) is 11.5 Å². The molecule has 0 heterocycles. The Bertz CT molecular complexity index is 1150. The van der Waals surface area contributed by atoms with Gasteiger partial charge in [-0.05, 0) is 27.2 Å². The molecule has 0 bridgehead atoms. The van der Waals surface area contributed by atoms with Gasteiger partial charge in [0.05, 0.1) is 6.61 Å². The molecule has 4 aromatic rings. The number of hydrogen-bond donors (Lipinski definition) is 0. The molecule has 4 rings (SSSR count). The predicted molar refractivity (Wildman–Crippen MR) is 144 cm³/mol. The summed E-state index contributed by atoms with van der Waals surface area (Å²) in [4.78, 5) is 0. The molecule has 3 heteroatoms. The molecule has 0 aromatic heterocycles. The molecule has 0 atom stereocenters. The first kappa shape index (κ1) is 23.5. The number of rotatable bonds is 8. The van der Waals surface area contributed by atoms with Crippen molar-refractivity contribution in [1.29, 1.82) is 0 Å². The average Bonchev–Trinajstić information content (AvgIpc) is 2.91. The van der Waals surface area contributed by atoms with E-state index in [2.05, 4.69) is 121 Å². The molecule has 4 aromatic carbocycles. The van der Waals surface area contributed by atoms with Crippen molar-refractivity contribution in [2.75, 3.05) is 20.5 Å². The lowest BCUT2D eigenvalue weighted by molar-refractivity contribution is -0.0199. The number of ether oxygens (including phenoxy) is 2. The Morgan fingerprint density at radius 2 is 1.12 bits per heavy atom. The summed E-state index contributed by atoms with van der Waals surface area (Å²) in [5.41, 5.74) is 5.85. The van der Waals surface area contributed by atoms with Gasteiger partial charge in [-0.3, -0.25) is 0 Å². The first-order valence-corrected chi connectivity index (χ1v) is 13.3. The van der Waals surface area contributed by atoms with E-state index >= 15 is 0 Å². The van der Waals surface area contributed by atoms with E-state index in [1.807, 2.05) is 18.2 Å². The molecule has 0 saturated heterocycles. The van der Waals surface area contributed by atoms with Crippen molar-refractivity contribution in [3.05, 3.63) is 132 Å². The molecule has 0 aliphatic heterocycles. The van der Waals surface area contributed by atoms with E-state index in [4.69, 9.17) is 9.47 Å². The highest BCUT2D eigenvalue weighted by Crippen LogP contribution is 2.10. The van der Waals surface area contributed by atoms with Gasteiger partial charge in [-0.25, -0.2) is 0 Å². The quantitative estimate of drug-likeness (QED) is 0.128. The van der Waals surface area contributed by atoms with Gasteiger partial charge in [-0.1, -0.05) is 127 Å². The highest BCUT2D eigenvalue weighted by Gasteiger charge is 2.38. The van der Waals surface area contributed by atoms with Crippen molar-refractivity contribution < 1.29 is 9.47 Å². The second-order valence-electron chi connectivity index (χ2n) is 7.93. The van der Waals surface area contributed by atoms with Crippen LogP contribution in [0.5, 0.6) is 0 Å². The highest BCUT2D eigenvalue weighted by molar-refractivity contribution is 7.16.